The Morgan fingerprint density at radius 3 is 1.94 bits per heavy atom. The Morgan fingerprint density at radius 1 is 1.03 bits per heavy atom. The first-order chi connectivity index (χ1) is 14.0. The number of ether oxygens (including phenoxy) is 2. The number of amides is 2. The van der Waals surface area contributed by atoms with E-state index in [4.69, 9.17) is 9.47 Å². The zero-order chi connectivity index (χ0) is 23.8. The maximum Gasteiger partial charge on any atom is 0.419 e. The third kappa shape index (κ3) is 7.21. The molecule has 31 heavy (non-hydrogen) atoms. The van der Waals surface area contributed by atoms with Gasteiger partial charge in [-0.15, -0.1) is 0 Å². The smallest absolute Gasteiger partial charge is 0.419 e. The molecule has 0 atom stereocenters. The Bertz CT molecular complexity index is 908. The SMILES string of the molecule is Cc1ccc(S(=O)(=O)O)c(C2CC(CN(C(=O)OC(C)(C)C)C(=O)OC(C)(C)C)C2)c1. The molecule has 0 unspecified atom stereocenters. The van der Waals surface area contributed by atoms with Gasteiger partial charge >= 0.3 is 12.2 Å². The standard InChI is InChI=1S/C22H33NO7S/c1-14-8-9-18(31(26,27)28)17(10-14)16-11-15(12-16)13-23(19(24)29-21(2,3)4)20(25)30-22(5,6)7/h8-10,15-16H,11-13H2,1-7H3,(H,26,27,28). The number of carbonyl (C=O) groups is 2. The van der Waals surface area contributed by atoms with E-state index in [0.29, 0.717) is 18.4 Å². The second-order valence-corrected chi connectivity index (χ2v) is 11.5. The molecule has 1 aliphatic rings. The van der Waals surface area contributed by atoms with Crippen molar-refractivity contribution >= 4 is 22.3 Å². The van der Waals surface area contributed by atoms with Crippen molar-refractivity contribution < 1.29 is 32.0 Å². The fourth-order valence-electron chi connectivity index (χ4n) is 3.48. The van der Waals surface area contributed by atoms with Gasteiger partial charge in [-0.1, -0.05) is 17.7 Å². The van der Waals surface area contributed by atoms with Gasteiger partial charge in [-0.05, 0) is 84.8 Å². The van der Waals surface area contributed by atoms with Gasteiger partial charge in [0.15, 0.2) is 0 Å². The summed E-state index contributed by atoms with van der Waals surface area (Å²) in [7, 11) is -4.34. The van der Waals surface area contributed by atoms with Crippen LogP contribution in [0.15, 0.2) is 23.1 Å². The van der Waals surface area contributed by atoms with Crippen LogP contribution in [0.2, 0.25) is 0 Å². The van der Waals surface area contributed by atoms with Crippen molar-refractivity contribution in [2.24, 2.45) is 5.92 Å². The third-order valence-electron chi connectivity index (χ3n) is 4.79. The number of nitrogens with zero attached hydrogens (tertiary/aromatic N) is 1. The molecular weight excluding hydrogens is 422 g/mol. The molecule has 0 heterocycles. The van der Waals surface area contributed by atoms with Crippen LogP contribution < -0.4 is 0 Å². The molecule has 1 saturated carbocycles. The van der Waals surface area contributed by atoms with E-state index in [-0.39, 0.29) is 23.3 Å². The number of benzene rings is 1. The van der Waals surface area contributed by atoms with E-state index in [1.807, 2.05) is 6.92 Å². The average Bonchev–Trinajstić information content (AvgIpc) is 2.48. The molecule has 9 heteroatoms. The molecule has 0 bridgehead atoms. The molecule has 1 aromatic carbocycles. The summed E-state index contributed by atoms with van der Waals surface area (Å²) in [6.45, 7) is 12.2. The topological polar surface area (TPSA) is 110 Å². The lowest BCUT2D eigenvalue weighted by molar-refractivity contribution is -0.00477. The largest absolute Gasteiger partial charge is 0.443 e. The van der Waals surface area contributed by atoms with Crippen LogP contribution in [0, 0.1) is 12.8 Å². The Morgan fingerprint density at radius 2 is 1.52 bits per heavy atom. The van der Waals surface area contributed by atoms with Crippen molar-refractivity contribution in [3.63, 3.8) is 0 Å². The first-order valence-electron chi connectivity index (χ1n) is 10.3. The van der Waals surface area contributed by atoms with Gasteiger partial charge in [0.2, 0.25) is 0 Å². The van der Waals surface area contributed by atoms with Crippen LogP contribution in [0.25, 0.3) is 0 Å². The van der Waals surface area contributed by atoms with Crippen molar-refractivity contribution in [3.8, 4) is 0 Å². The van der Waals surface area contributed by atoms with Gasteiger partial charge in [-0.3, -0.25) is 4.55 Å². The van der Waals surface area contributed by atoms with Gasteiger partial charge < -0.3 is 9.47 Å². The lowest BCUT2D eigenvalue weighted by Gasteiger charge is -2.39. The maximum atomic E-state index is 12.6. The fourth-order valence-corrected chi connectivity index (χ4v) is 4.24. The maximum absolute atomic E-state index is 12.6. The van der Waals surface area contributed by atoms with Crippen LogP contribution in [-0.4, -0.2) is 47.8 Å². The monoisotopic (exact) mass is 455 g/mol. The predicted octanol–water partition coefficient (Wildman–Crippen LogP) is 4.91. The average molecular weight is 456 g/mol. The first kappa shape index (κ1) is 25.1. The van der Waals surface area contributed by atoms with E-state index in [2.05, 4.69) is 0 Å². The van der Waals surface area contributed by atoms with Crippen molar-refractivity contribution in [1.82, 2.24) is 4.90 Å². The minimum atomic E-state index is -4.34. The number of aryl methyl sites for hydroxylation is 1. The Balaban J connectivity index is 2.16. The highest BCUT2D eigenvalue weighted by Gasteiger charge is 2.39. The number of hydrogen-bond acceptors (Lipinski definition) is 6. The minimum absolute atomic E-state index is 0.0419. The Hall–Kier alpha value is -2.13. The first-order valence-corrected chi connectivity index (χ1v) is 11.7. The van der Waals surface area contributed by atoms with Crippen LogP contribution >= 0.6 is 0 Å². The molecule has 2 rings (SSSR count). The highest BCUT2D eigenvalue weighted by molar-refractivity contribution is 7.85. The van der Waals surface area contributed by atoms with E-state index < -0.39 is 33.5 Å². The number of carbonyl (C=O) groups excluding carboxylic acids is 2. The predicted molar refractivity (Wildman–Crippen MR) is 116 cm³/mol. The van der Waals surface area contributed by atoms with Crippen molar-refractivity contribution in [1.29, 1.82) is 0 Å². The molecule has 0 aliphatic heterocycles. The summed E-state index contributed by atoms with van der Waals surface area (Å²) >= 11 is 0. The summed E-state index contributed by atoms with van der Waals surface area (Å²) in [4.78, 5) is 26.1. The summed E-state index contributed by atoms with van der Waals surface area (Å²) in [6, 6.07) is 4.79. The molecular formula is C22H33NO7S. The molecule has 1 fully saturated rings. The van der Waals surface area contributed by atoms with E-state index in [9.17, 15) is 22.6 Å². The molecule has 2 amide bonds. The van der Waals surface area contributed by atoms with E-state index in [1.54, 1.807) is 53.7 Å². The molecule has 1 aliphatic carbocycles. The van der Waals surface area contributed by atoms with E-state index in [1.165, 1.54) is 6.07 Å². The Labute approximate surface area is 184 Å². The zero-order valence-electron chi connectivity index (χ0n) is 19.3. The quantitative estimate of drug-likeness (QED) is 0.642. The lowest BCUT2D eigenvalue weighted by Crippen LogP contribution is -2.47. The second-order valence-electron chi connectivity index (χ2n) is 10.1. The molecule has 8 nitrogen and oxygen atoms in total. The summed E-state index contributed by atoms with van der Waals surface area (Å²) in [5.41, 5.74) is -0.105. The molecule has 0 aromatic heterocycles. The highest BCUT2D eigenvalue weighted by atomic mass is 32.2. The van der Waals surface area contributed by atoms with Gasteiger partial charge in [0.1, 0.15) is 11.2 Å². The van der Waals surface area contributed by atoms with Gasteiger partial charge in [0, 0.05) is 6.54 Å². The molecule has 0 saturated heterocycles. The summed E-state index contributed by atoms with van der Waals surface area (Å²) in [6.07, 6.45) is -0.430. The number of hydrogen-bond donors (Lipinski definition) is 1. The second kappa shape index (κ2) is 8.78. The van der Waals surface area contributed by atoms with Crippen molar-refractivity contribution in [2.75, 3.05) is 6.54 Å². The van der Waals surface area contributed by atoms with Crippen molar-refractivity contribution in [3.05, 3.63) is 29.3 Å². The summed E-state index contributed by atoms with van der Waals surface area (Å²) in [5, 5.41) is 0. The molecule has 0 radical (unpaired) electrons. The lowest BCUT2D eigenvalue weighted by atomic mass is 9.71. The van der Waals surface area contributed by atoms with Crippen LogP contribution in [-0.2, 0) is 19.6 Å². The molecule has 174 valence electrons. The molecule has 0 spiro atoms. The highest BCUT2D eigenvalue weighted by Crippen LogP contribution is 2.44. The van der Waals surface area contributed by atoms with Gasteiger partial charge in [-0.2, -0.15) is 8.42 Å². The van der Waals surface area contributed by atoms with Crippen LogP contribution in [0.4, 0.5) is 9.59 Å². The third-order valence-corrected chi connectivity index (χ3v) is 5.71. The summed E-state index contributed by atoms with van der Waals surface area (Å²) < 4.78 is 43.8. The van der Waals surface area contributed by atoms with Crippen molar-refractivity contribution in [2.45, 2.75) is 83.3 Å². The van der Waals surface area contributed by atoms with Crippen LogP contribution in [0.3, 0.4) is 0 Å². The van der Waals surface area contributed by atoms with E-state index in [0.717, 1.165) is 10.5 Å². The fraction of sp³-hybridized carbons (Fsp3) is 0.636. The number of imide groups is 1. The number of rotatable bonds is 4. The molecule has 1 N–H and O–H groups in total. The minimum Gasteiger partial charge on any atom is -0.443 e. The Kier molecular flexibility index (Phi) is 7.12. The summed E-state index contributed by atoms with van der Waals surface area (Å²) in [5.74, 6) is -0.138. The van der Waals surface area contributed by atoms with E-state index >= 15 is 0 Å². The van der Waals surface area contributed by atoms with Gasteiger partial charge in [-0.25, -0.2) is 14.5 Å². The van der Waals surface area contributed by atoms with Gasteiger partial charge in [0.05, 0.1) is 4.90 Å². The van der Waals surface area contributed by atoms with Crippen LogP contribution in [0.1, 0.15) is 71.4 Å². The normalized spacial score (nSPS) is 19.4. The zero-order valence-corrected chi connectivity index (χ0v) is 20.1. The van der Waals surface area contributed by atoms with Gasteiger partial charge in [0.25, 0.3) is 10.1 Å². The van der Waals surface area contributed by atoms with Crippen LogP contribution in [0.5, 0.6) is 0 Å². The molecule has 1 aromatic rings.